The molecule has 0 spiro atoms. The lowest BCUT2D eigenvalue weighted by atomic mass is 9.79. The fourth-order valence-electron chi connectivity index (χ4n) is 3.94. The highest BCUT2D eigenvalue weighted by molar-refractivity contribution is 6.00. The van der Waals surface area contributed by atoms with Crippen molar-refractivity contribution in [3.8, 4) is 6.07 Å². The fraction of sp³-hybridized carbons (Fsp3) is 0.706. The molecule has 7 heteroatoms. The highest BCUT2D eigenvalue weighted by Gasteiger charge is 2.39. The van der Waals surface area contributed by atoms with Gasteiger partial charge < -0.3 is 20.3 Å². The maximum Gasteiger partial charge on any atom is 0.407 e. The van der Waals surface area contributed by atoms with E-state index in [-0.39, 0.29) is 35.8 Å². The molecule has 0 bridgehead atoms. The molecule has 3 N–H and O–H groups in total. The first-order valence-electron chi connectivity index (χ1n) is 8.47. The van der Waals surface area contributed by atoms with E-state index in [1.165, 1.54) is 0 Å². The molecule has 6 unspecified atom stereocenters. The Morgan fingerprint density at radius 2 is 2.00 bits per heavy atom. The summed E-state index contributed by atoms with van der Waals surface area (Å²) in [7, 11) is 0. The van der Waals surface area contributed by atoms with Gasteiger partial charge in [-0.2, -0.15) is 5.26 Å². The van der Waals surface area contributed by atoms with Crippen LogP contribution in [0.1, 0.15) is 38.5 Å². The minimum Gasteiger partial charge on any atom is -0.444 e. The Bertz CT molecular complexity index is 596. The molecule has 1 aliphatic heterocycles. The number of hydrogen-bond acceptors (Lipinski definition) is 6. The minimum absolute atomic E-state index is 0.0472. The molecule has 6 atom stereocenters. The van der Waals surface area contributed by atoms with Gasteiger partial charge in [0, 0.05) is 5.92 Å². The summed E-state index contributed by atoms with van der Waals surface area (Å²) in [4.78, 5) is 23.8. The number of carbonyl (C=O) groups excluding carboxylic acids is 2. The van der Waals surface area contributed by atoms with Crippen molar-refractivity contribution in [2.45, 2.75) is 62.9 Å². The highest BCUT2D eigenvalue weighted by Crippen LogP contribution is 2.33. The monoisotopic (exact) mass is 334 g/mol. The first-order chi connectivity index (χ1) is 11.5. The van der Waals surface area contributed by atoms with Crippen molar-refractivity contribution in [3.63, 3.8) is 0 Å². The van der Waals surface area contributed by atoms with Gasteiger partial charge in [0.15, 0.2) is 5.78 Å². The fourth-order valence-corrected chi connectivity index (χ4v) is 3.94. The number of alkyl carbamates (subject to hydrolysis) is 1. The predicted octanol–water partition coefficient (Wildman–Crippen LogP) is 0.804. The number of aliphatic hydroxyl groups excluding tert-OH is 2. The Kier molecular flexibility index (Phi) is 4.88. The van der Waals surface area contributed by atoms with Crippen LogP contribution in [0.5, 0.6) is 0 Å². The number of allylic oxidation sites excluding steroid dienone is 2. The van der Waals surface area contributed by atoms with Crippen LogP contribution in [0.2, 0.25) is 0 Å². The van der Waals surface area contributed by atoms with E-state index in [0.29, 0.717) is 25.7 Å². The molecule has 3 aliphatic rings. The summed E-state index contributed by atoms with van der Waals surface area (Å²) in [6.07, 6.45) is 2.67. The smallest absolute Gasteiger partial charge is 0.407 e. The maximum atomic E-state index is 12.6. The van der Waals surface area contributed by atoms with Gasteiger partial charge in [0.05, 0.1) is 23.8 Å². The molecule has 3 rings (SSSR count). The molecule has 2 aliphatic carbocycles. The number of carbonyl (C=O) groups is 2. The molecule has 130 valence electrons. The number of aliphatic hydroxyl groups is 2. The number of hydrogen-bond donors (Lipinski definition) is 3. The molecule has 7 nitrogen and oxygen atoms in total. The van der Waals surface area contributed by atoms with Crippen molar-refractivity contribution < 1.29 is 24.5 Å². The van der Waals surface area contributed by atoms with E-state index in [2.05, 4.69) is 5.32 Å². The average molecular weight is 334 g/mol. The lowest BCUT2D eigenvalue weighted by Crippen LogP contribution is -2.38. The minimum atomic E-state index is -0.908. The van der Waals surface area contributed by atoms with E-state index >= 15 is 0 Å². The molecule has 1 amide bonds. The van der Waals surface area contributed by atoms with Crippen molar-refractivity contribution >= 4 is 11.9 Å². The van der Waals surface area contributed by atoms with E-state index in [9.17, 15) is 25.1 Å². The van der Waals surface area contributed by atoms with Crippen LogP contribution in [0.25, 0.3) is 0 Å². The number of ketones is 1. The Morgan fingerprint density at radius 3 is 2.71 bits per heavy atom. The van der Waals surface area contributed by atoms with Crippen molar-refractivity contribution in [1.29, 1.82) is 5.26 Å². The van der Waals surface area contributed by atoms with E-state index in [4.69, 9.17) is 4.74 Å². The molecule has 1 heterocycles. The van der Waals surface area contributed by atoms with Crippen molar-refractivity contribution in [3.05, 3.63) is 11.6 Å². The normalized spacial score (nSPS) is 39.4. The van der Waals surface area contributed by atoms with Crippen LogP contribution < -0.4 is 5.32 Å². The topological polar surface area (TPSA) is 120 Å². The lowest BCUT2D eigenvalue weighted by Gasteiger charge is -2.30. The van der Waals surface area contributed by atoms with Gasteiger partial charge in [-0.25, -0.2) is 4.79 Å². The lowest BCUT2D eigenvalue weighted by molar-refractivity contribution is -0.123. The molecule has 0 radical (unpaired) electrons. The zero-order chi connectivity index (χ0) is 17.3. The Hall–Kier alpha value is -1.91. The highest BCUT2D eigenvalue weighted by atomic mass is 16.6. The number of Topliss-reactive ketones (excluding diaryl/α,β-unsaturated/α-hetero) is 1. The zero-order valence-corrected chi connectivity index (χ0v) is 13.4. The first kappa shape index (κ1) is 16.9. The number of nitriles is 1. The number of nitrogens with zero attached hydrogens (tertiary/aromatic N) is 1. The number of nitrogens with one attached hydrogen (secondary N) is 1. The second-order valence-electron chi connectivity index (χ2n) is 6.97. The quantitative estimate of drug-likeness (QED) is 0.519. The molecular weight excluding hydrogens is 312 g/mol. The summed E-state index contributed by atoms with van der Waals surface area (Å²) in [5, 5.41) is 31.4. The van der Waals surface area contributed by atoms with Crippen LogP contribution in [-0.4, -0.2) is 46.4 Å². The van der Waals surface area contributed by atoms with Crippen molar-refractivity contribution in [1.82, 2.24) is 5.32 Å². The van der Waals surface area contributed by atoms with Gasteiger partial charge in [0.2, 0.25) is 0 Å². The van der Waals surface area contributed by atoms with Gasteiger partial charge in [-0.3, -0.25) is 4.79 Å². The van der Waals surface area contributed by atoms with Crippen LogP contribution in [0, 0.1) is 23.2 Å². The Morgan fingerprint density at radius 1 is 1.21 bits per heavy atom. The third-order valence-corrected chi connectivity index (χ3v) is 5.33. The van der Waals surface area contributed by atoms with Gasteiger partial charge in [0.1, 0.15) is 12.2 Å². The standard InChI is InChI=1S/C17H22N2O5/c18-8-11(16(22)10-2-3-13(20)14(21)7-10)5-9-1-4-15-12(6-9)19-17(23)24-15/h5,9-10,12-15,20-21H,1-4,6-7H2,(H,19,23)/b11-5+. The Balaban J connectivity index is 1.65. The number of ether oxygens (including phenoxy) is 1. The molecule has 0 aromatic carbocycles. The molecular formula is C17H22N2O5. The van der Waals surface area contributed by atoms with E-state index < -0.39 is 24.2 Å². The molecule has 3 fully saturated rings. The van der Waals surface area contributed by atoms with Gasteiger partial charge in [-0.15, -0.1) is 0 Å². The predicted molar refractivity (Wildman–Crippen MR) is 82.6 cm³/mol. The molecule has 1 saturated heterocycles. The number of amides is 1. The van der Waals surface area contributed by atoms with Crippen LogP contribution in [0.3, 0.4) is 0 Å². The van der Waals surface area contributed by atoms with Gasteiger partial charge >= 0.3 is 6.09 Å². The third-order valence-electron chi connectivity index (χ3n) is 5.33. The van der Waals surface area contributed by atoms with Crippen LogP contribution >= 0.6 is 0 Å². The molecule has 0 aromatic rings. The molecule has 24 heavy (non-hydrogen) atoms. The van der Waals surface area contributed by atoms with E-state index in [1.54, 1.807) is 6.08 Å². The van der Waals surface area contributed by atoms with Crippen LogP contribution in [0.4, 0.5) is 4.79 Å². The SMILES string of the molecule is N#C/C(=C\C1CCC2OC(=O)NC2C1)C(=O)C1CCC(O)C(O)C1. The Labute approximate surface area is 140 Å². The van der Waals surface area contributed by atoms with Gasteiger partial charge in [-0.05, 0) is 44.4 Å². The second kappa shape index (κ2) is 6.91. The van der Waals surface area contributed by atoms with Crippen LogP contribution in [-0.2, 0) is 9.53 Å². The average Bonchev–Trinajstić information content (AvgIpc) is 2.93. The summed E-state index contributed by atoms with van der Waals surface area (Å²) in [5.41, 5.74) is 0.122. The largest absolute Gasteiger partial charge is 0.444 e. The number of fused-ring (bicyclic) bond motifs is 1. The van der Waals surface area contributed by atoms with E-state index in [0.717, 1.165) is 6.42 Å². The summed E-state index contributed by atoms with van der Waals surface area (Å²) < 4.78 is 5.16. The summed E-state index contributed by atoms with van der Waals surface area (Å²) in [6.45, 7) is 0. The van der Waals surface area contributed by atoms with Crippen molar-refractivity contribution in [2.24, 2.45) is 11.8 Å². The third kappa shape index (κ3) is 3.45. The molecule has 0 aromatic heterocycles. The van der Waals surface area contributed by atoms with Gasteiger partial charge in [-0.1, -0.05) is 6.08 Å². The zero-order valence-electron chi connectivity index (χ0n) is 13.4. The second-order valence-corrected chi connectivity index (χ2v) is 6.97. The van der Waals surface area contributed by atoms with Crippen LogP contribution in [0.15, 0.2) is 11.6 Å². The number of rotatable bonds is 3. The van der Waals surface area contributed by atoms with Gasteiger partial charge in [0.25, 0.3) is 0 Å². The van der Waals surface area contributed by atoms with Crippen molar-refractivity contribution in [2.75, 3.05) is 0 Å². The molecule has 2 saturated carbocycles. The first-order valence-corrected chi connectivity index (χ1v) is 8.47. The summed E-state index contributed by atoms with van der Waals surface area (Å²) >= 11 is 0. The summed E-state index contributed by atoms with van der Waals surface area (Å²) in [5.74, 6) is -0.622. The van der Waals surface area contributed by atoms with E-state index in [1.807, 2.05) is 6.07 Å². The summed E-state index contributed by atoms with van der Waals surface area (Å²) in [6, 6.07) is 1.93. The maximum absolute atomic E-state index is 12.6.